The van der Waals surface area contributed by atoms with E-state index >= 15 is 0 Å². The Labute approximate surface area is 116 Å². The van der Waals surface area contributed by atoms with E-state index in [9.17, 15) is 5.11 Å². The SMILES string of the molecule is CCN(CC)c1ccc([C@@H]2CCCN2)c(O)c1.Cl. The van der Waals surface area contributed by atoms with Crippen molar-refractivity contribution in [2.24, 2.45) is 0 Å². The van der Waals surface area contributed by atoms with Gasteiger partial charge in [0.05, 0.1) is 0 Å². The molecule has 0 bridgehead atoms. The minimum Gasteiger partial charge on any atom is -0.508 e. The van der Waals surface area contributed by atoms with Gasteiger partial charge in [-0.15, -0.1) is 12.4 Å². The highest BCUT2D eigenvalue weighted by molar-refractivity contribution is 5.85. The molecule has 1 aromatic rings. The molecule has 1 aliphatic heterocycles. The first-order chi connectivity index (χ1) is 8.26. The van der Waals surface area contributed by atoms with Crippen LogP contribution in [0.15, 0.2) is 18.2 Å². The number of rotatable bonds is 4. The molecule has 0 radical (unpaired) electrons. The average molecular weight is 271 g/mol. The largest absolute Gasteiger partial charge is 0.508 e. The molecule has 0 aliphatic carbocycles. The van der Waals surface area contributed by atoms with Crippen molar-refractivity contribution in [1.82, 2.24) is 5.32 Å². The summed E-state index contributed by atoms with van der Waals surface area (Å²) in [5.74, 6) is 0.425. The average Bonchev–Trinajstić information content (AvgIpc) is 2.84. The second-order valence-electron chi connectivity index (χ2n) is 4.56. The molecule has 2 rings (SSSR count). The number of benzene rings is 1. The molecule has 0 spiro atoms. The molecular weight excluding hydrogens is 248 g/mol. The monoisotopic (exact) mass is 270 g/mol. The van der Waals surface area contributed by atoms with Crippen molar-refractivity contribution in [2.75, 3.05) is 24.5 Å². The van der Waals surface area contributed by atoms with E-state index in [1.165, 1.54) is 6.42 Å². The third kappa shape index (κ3) is 3.09. The maximum Gasteiger partial charge on any atom is 0.122 e. The fraction of sp³-hybridized carbons (Fsp3) is 0.571. The van der Waals surface area contributed by atoms with Gasteiger partial charge in [0, 0.05) is 36.4 Å². The van der Waals surface area contributed by atoms with Gasteiger partial charge in [0.15, 0.2) is 0 Å². The summed E-state index contributed by atoms with van der Waals surface area (Å²) in [5.41, 5.74) is 2.15. The van der Waals surface area contributed by atoms with E-state index in [1.807, 2.05) is 6.07 Å². The molecule has 1 heterocycles. The Kier molecular flexibility index (Phi) is 5.76. The molecule has 102 valence electrons. The van der Waals surface area contributed by atoms with Gasteiger partial charge >= 0.3 is 0 Å². The Hall–Kier alpha value is -0.930. The van der Waals surface area contributed by atoms with Gasteiger partial charge in [-0.3, -0.25) is 0 Å². The van der Waals surface area contributed by atoms with Gasteiger partial charge in [-0.25, -0.2) is 0 Å². The maximum absolute atomic E-state index is 10.1. The van der Waals surface area contributed by atoms with Crippen molar-refractivity contribution in [1.29, 1.82) is 0 Å². The van der Waals surface area contributed by atoms with Crippen LogP contribution in [0.5, 0.6) is 5.75 Å². The van der Waals surface area contributed by atoms with Crippen molar-refractivity contribution >= 4 is 18.1 Å². The van der Waals surface area contributed by atoms with Gasteiger partial charge in [-0.1, -0.05) is 6.07 Å². The molecule has 1 fully saturated rings. The van der Waals surface area contributed by atoms with Gasteiger partial charge in [0.1, 0.15) is 5.75 Å². The zero-order valence-electron chi connectivity index (χ0n) is 11.1. The van der Waals surface area contributed by atoms with E-state index < -0.39 is 0 Å². The van der Waals surface area contributed by atoms with E-state index in [0.717, 1.165) is 37.3 Å². The Morgan fingerprint density at radius 1 is 1.33 bits per heavy atom. The molecular formula is C14H23ClN2O. The number of nitrogens with one attached hydrogen (secondary N) is 1. The highest BCUT2D eigenvalue weighted by Gasteiger charge is 2.19. The lowest BCUT2D eigenvalue weighted by atomic mass is 10.0. The second-order valence-corrected chi connectivity index (χ2v) is 4.56. The first-order valence-electron chi connectivity index (χ1n) is 6.57. The molecule has 3 nitrogen and oxygen atoms in total. The number of phenolic OH excluding ortho intramolecular Hbond substituents is 1. The summed E-state index contributed by atoms with van der Waals surface area (Å²) in [4.78, 5) is 2.24. The van der Waals surface area contributed by atoms with Crippen LogP contribution in [0, 0.1) is 0 Å². The van der Waals surface area contributed by atoms with Crippen molar-refractivity contribution in [3.63, 3.8) is 0 Å². The van der Waals surface area contributed by atoms with Gasteiger partial charge < -0.3 is 15.3 Å². The summed E-state index contributed by atoms with van der Waals surface area (Å²) in [6.45, 7) is 7.26. The minimum atomic E-state index is 0. The summed E-state index contributed by atoms with van der Waals surface area (Å²) in [6, 6.07) is 6.40. The lowest BCUT2D eigenvalue weighted by Crippen LogP contribution is -2.22. The predicted molar refractivity (Wildman–Crippen MR) is 78.9 cm³/mol. The third-order valence-electron chi connectivity index (χ3n) is 3.58. The maximum atomic E-state index is 10.1. The molecule has 0 unspecified atom stereocenters. The Morgan fingerprint density at radius 3 is 2.56 bits per heavy atom. The number of phenols is 1. The Morgan fingerprint density at radius 2 is 2.06 bits per heavy atom. The van der Waals surface area contributed by atoms with Crippen LogP contribution < -0.4 is 10.2 Å². The highest BCUT2D eigenvalue weighted by atomic mass is 35.5. The van der Waals surface area contributed by atoms with E-state index in [4.69, 9.17) is 0 Å². The van der Waals surface area contributed by atoms with Gasteiger partial charge in [-0.05, 0) is 39.3 Å². The van der Waals surface area contributed by atoms with Crippen molar-refractivity contribution in [3.8, 4) is 5.75 Å². The first-order valence-corrected chi connectivity index (χ1v) is 6.57. The van der Waals surface area contributed by atoms with Crippen molar-refractivity contribution in [3.05, 3.63) is 23.8 Å². The lowest BCUT2D eigenvalue weighted by molar-refractivity contribution is 0.457. The fourth-order valence-electron chi connectivity index (χ4n) is 2.56. The second kappa shape index (κ2) is 6.86. The molecule has 0 amide bonds. The molecule has 1 saturated heterocycles. The topological polar surface area (TPSA) is 35.5 Å². The molecule has 0 saturated carbocycles. The molecule has 1 atom stereocenters. The van der Waals surface area contributed by atoms with Crippen LogP contribution in [-0.2, 0) is 0 Å². The third-order valence-corrected chi connectivity index (χ3v) is 3.58. The molecule has 1 aromatic carbocycles. The number of hydrogen-bond donors (Lipinski definition) is 2. The van der Waals surface area contributed by atoms with Crippen LogP contribution in [-0.4, -0.2) is 24.7 Å². The molecule has 1 aliphatic rings. The normalized spacial score (nSPS) is 18.4. The van der Waals surface area contributed by atoms with Crippen molar-refractivity contribution in [2.45, 2.75) is 32.7 Å². The zero-order chi connectivity index (χ0) is 12.3. The van der Waals surface area contributed by atoms with Crippen LogP contribution in [0.2, 0.25) is 0 Å². The van der Waals surface area contributed by atoms with Crippen LogP contribution in [0.1, 0.15) is 38.3 Å². The number of anilines is 1. The molecule has 0 aromatic heterocycles. The van der Waals surface area contributed by atoms with E-state index in [2.05, 4.69) is 36.2 Å². The number of aromatic hydroxyl groups is 1. The fourth-order valence-corrected chi connectivity index (χ4v) is 2.56. The summed E-state index contributed by atoms with van der Waals surface area (Å²) in [5, 5.41) is 13.5. The van der Waals surface area contributed by atoms with Crippen LogP contribution in [0.4, 0.5) is 5.69 Å². The summed E-state index contributed by atoms with van der Waals surface area (Å²) in [7, 11) is 0. The van der Waals surface area contributed by atoms with Gasteiger partial charge in [0.25, 0.3) is 0 Å². The van der Waals surface area contributed by atoms with E-state index in [-0.39, 0.29) is 12.4 Å². The minimum absolute atomic E-state index is 0. The number of nitrogens with zero attached hydrogens (tertiary/aromatic N) is 1. The Balaban J connectivity index is 0.00000162. The van der Waals surface area contributed by atoms with Gasteiger partial charge in [0.2, 0.25) is 0 Å². The van der Waals surface area contributed by atoms with Crippen molar-refractivity contribution < 1.29 is 5.11 Å². The zero-order valence-corrected chi connectivity index (χ0v) is 12.0. The number of halogens is 1. The Bertz CT molecular complexity index is 374. The molecule has 18 heavy (non-hydrogen) atoms. The highest BCUT2D eigenvalue weighted by Crippen LogP contribution is 2.33. The molecule has 2 N–H and O–H groups in total. The standard InChI is InChI=1S/C14H22N2O.ClH/c1-3-16(4-2)11-7-8-12(14(17)10-11)13-6-5-9-15-13;/h7-8,10,13,15,17H,3-6,9H2,1-2H3;1H/t13-;/m0./s1. The van der Waals surface area contributed by atoms with Crippen LogP contribution in [0.25, 0.3) is 0 Å². The van der Waals surface area contributed by atoms with E-state index in [0.29, 0.717) is 11.8 Å². The quantitative estimate of drug-likeness (QED) is 0.883. The van der Waals surface area contributed by atoms with E-state index in [1.54, 1.807) is 0 Å². The van der Waals surface area contributed by atoms with Gasteiger partial charge in [-0.2, -0.15) is 0 Å². The summed E-state index contributed by atoms with van der Waals surface area (Å²) in [6.07, 6.45) is 2.32. The summed E-state index contributed by atoms with van der Waals surface area (Å²) >= 11 is 0. The lowest BCUT2D eigenvalue weighted by Gasteiger charge is -2.22. The number of hydrogen-bond acceptors (Lipinski definition) is 3. The smallest absolute Gasteiger partial charge is 0.122 e. The van der Waals surface area contributed by atoms with Crippen LogP contribution >= 0.6 is 12.4 Å². The molecule has 4 heteroatoms. The predicted octanol–water partition coefficient (Wildman–Crippen LogP) is 3.08. The summed E-state index contributed by atoms with van der Waals surface area (Å²) < 4.78 is 0. The first kappa shape index (κ1) is 15.1. The van der Waals surface area contributed by atoms with Crippen LogP contribution in [0.3, 0.4) is 0 Å².